The van der Waals surface area contributed by atoms with Crippen molar-refractivity contribution in [3.05, 3.63) is 0 Å². The maximum Gasteiger partial charge on any atom is 0.405 e. The summed E-state index contributed by atoms with van der Waals surface area (Å²) < 4.78 is 45.7. The molecule has 0 aromatic heterocycles. The van der Waals surface area contributed by atoms with E-state index < -0.39 is 12.2 Å². The molecule has 9 nitrogen and oxygen atoms in total. The van der Waals surface area contributed by atoms with Crippen LogP contribution >= 0.6 is 0 Å². The standard InChI is InChI=1S/C26H47F3N8O/c1-36-12-19(26(27,28)29)33-24(36)16-6-4-14(5-7-16)10-17-22-18(37(2)35-17)11-30-23(34-22)20-21(15-8-9-15)31-13-32-25(20)38-3/h14-25,30-35H,4-13H2,1-3H3. The van der Waals surface area contributed by atoms with E-state index in [1.807, 2.05) is 11.9 Å². The number of hydrogen-bond acceptors (Lipinski definition) is 9. The number of ether oxygens (including phenoxy) is 1. The molecule has 0 spiro atoms. The van der Waals surface area contributed by atoms with Crippen LogP contribution in [0.4, 0.5) is 13.2 Å². The predicted octanol–water partition coefficient (Wildman–Crippen LogP) is 0.567. The van der Waals surface area contributed by atoms with Gasteiger partial charge in [0.15, 0.2) is 0 Å². The molecule has 6 N–H and O–H groups in total. The van der Waals surface area contributed by atoms with Crippen molar-refractivity contribution >= 4 is 0 Å². The van der Waals surface area contributed by atoms with Gasteiger partial charge in [0, 0.05) is 58.0 Å². The molecule has 0 aromatic rings. The van der Waals surface area contributed by atoms with Gasteiger partial charge in [0.25, 0.3) is 0 Å². The molecule has 0 radical (unpaired) electrons. The molecule has 4 saturated heterocycles. The Morgan fingerprint density at radius 1 is 0.895 bits per heavy atom. The van der Waals surface area contributed by atoms with E-state index >= 15 is 0 Å². The molecule has 12 heteroatoms. The molecule has 6 fully saturated rings. The van der Waals surface area contributed by atoms with E-state index in [0.29, 0.717) is 36.0 Å². The highest BCUT2D eigenvalue weighted by Crippen LogP contribution is 2.40. The van der Waals surface area contributed by atoms with Gasteiger partial charge < -0.3 is 10.1 Å². The number of methoxy groups -OCH3 is 1. The fraction of sp³-hybridized carbons (Fsp3) is 1.00. The molecule has 4 aliphatic heterocycles. The lowest BCUT2D eigenvalue weighted by Crippen LogP contribution is -2.72. The van der Waals surface area contributed by atoms with Crippen LogP contribution in [0.15, 0.2) is 0 Å². The fourth-order valence-corrected chi connectivity index (χ4v) is 8.28. The molecule has 2 saturated carbocycles. The summed E-state index contributed by atoms with van der Waals surface area (Å²) in [4.78, 5) is 1.87. The fourth-order valence-electron chi connectivity index (χ4n) is 8.28. The number of nitrogens with one attached hydrogen (secondary N) is 6. The first-order valence-corrected chi connectivity index (χ1v) is 14.7. The van der Waals surface area contributed by atoms with Gasteiger partial charge in [-0.15, -0.1) is 0 Å². The van der Waals surface area contributed by atoms with Crippen LogP contribution in [0.25, 0.3) is 0 Å². The topological polar surface area (TPSA) is 87.9 Å². The van der Waals surface area contributed by atoms with Gasteiger partial charge in [-0.3, -0.25) is 31.6 Å². The maximum atomic E-state index is 13.3. The van der Waals surface area contributed by atoms with Gasteiger partial charge in [-0.2, -0.15) is 13.2 Å². The summed E-state index contributed by atoms with van der Waals surface area (Å²) in [5.41, 5.74) is 3.76. The number of rotatable bonds is 6. The van der Waals surface area contributed by atoms with E-state index in [0.717, 1.165) is 51.2 Å². The number of likely N-dealkylation sites (N-methyl/N-ethyl adjacent to an activating group) is 2. The molecule has 6 aliphatic rings. The van der Waals surface area contributed by atoms with Crippen molar-refractivity contribution in [3.63, 3.8) is 0 Å². The maximum absolute atomic E-state index is 13.3. The lowest BCUT2D eigenvalue weighted by atomic mass is 9.76. The number of halogens is 3. The van der Waals surface area contributed by atoms with Crippen molar-refractivity contribution in [2.24, 2.45) is 23.7 Å². The summed E-state index contributed by atoms with van der Waals surface area (Å²) in [6, 6.07) is 0.119. The summed E-state index contributed by atoms with van der Waals surface area (Å²) in [5, 5.41) is 20.2. The Morgan fingerprint density at radius 3 is 2.29 bits per heavy atom. The molecule has 6 rings (SSSR count). The van der Waals surface area contributed by atoms with Crippen LogP contribution in [-0.4, -0.2) is 106 Å². The Balaban J connectivity index is 1.05. The molecule has 0 aromatic carbocycles. The van der Waals surface area contributed by atoms with Crippen molar-refractivity contribution in [1.82, 2.24) is 41.9 Å². The molecule has 4 heterocycles. The predicted molar refractivity (Wildman–Crippen MR) is 139 cm³/mol. The van der Waals surface area contributed by atoms with Gasteiger partial charge in [-0.1, -0.05) is 12.8 Å². The minimum atomic E-state index is -4.18. The molecular weight excluding hydrogens is 497 g/mol. The molecule has 9 unspecified atom stereocenters. The van der Waals surface area contributed by atoms with Crippen LogP contribution in [0.3, 0.4) is 0 Å². The van der Waals surface area contributed by atoms with Crippen molar-refractivity contribution in [1.29, 1.82) is 0 Å². The Bertz CT molecular complexity index is 810. The second-order valence-corrected chi connectivity index (χ2v) is 12.8. The minimum Gasteiger partial charge on any atom is -0.366 e. The van der Waals surface area contributed by atoms with Crippen LogP contribution in [0.2, 0.25) is 0 Å². The van der Waals surface area contributed by atoms with Crippen molar-refractivity contribution in [2.45, 2.75) is 99.9 Å². The molecule has 218 valence electrons. The van der Waals surface area contributed by atoms with E-state index in [-0.39, 0.29) is 31.0 Å². The van der Waals surface area contributed by atoms with E-state index in [1.165, 1.54) is 12.8 Å². The summed E-state index contributed by atoms with van der Waals surface area (Å²) >= 11 is 0. The van der Waals surface area contributed by atoms with Gasteiger partial charge in [0.05, 0.1) is 18.4 Å². The Hall–Kier alpha value is -0.570. The number of nitrogens with zero attached hydrogens (tertiary/aromatic N) is 2. The number of fused-ring (bicyclic) bond motifs is 1. The van der Waals surface area contributed by atoms with Crippen LogP contribution < -0.4 is 32.0 Å². The van der Waals surface area contributed by atoms with Gasteiger partial charge in [0.2, 0.25) is 0 Å². The second kappa shape index (κ2) is 11.0. The Kier molecular flexibility index (Phi) is 8.00. The molecule has 38 heavy (non-hydrogen) atoms. The smallest absolute Gasteiger partial charge is 0.366 e. The van der Waals surface area contributed by atoms with Crippen LogP contribution in [0, 0.1) is 23.7 Å². The largest absolute Gasteiger partial charge is 0.405 e. The lowest BCUT2D eigenvalue weighted by molar-refractivity contribution is -0.150. The normalized spacial score (nSPS) is 47.4. The first kappa shape index (κ1) is 27.6. The first-order chi connectivity index (χ1) is 18.2. The van der Waals surface area contributed by atoms with Gasteiger partial charge in [-0.25, -0.2) is 5.01 Å². The van der Waals surface area contributed by atoms with Crippen LogP contribution in [0.5, 0.6) is 0 Å². The SMILES string of the molecule is COC1NCNC(C2CC2)C1C1NCC2C(N1)C(CC1CCC(C3NC(C(F)(F)F)CN3C)CC1)NN2C. The van der Waals surface area contributed by atoms with Gasteiger partial charge in [-0.05, 0) is 56.9 Å². The quantitative estimate of drug-likeness (QED) is 0.287. The monoisotopic (exact) mass is 544 g/mol. The molecule has 0 amide bonds. The number of hydrazine groups is 1. The van der Waals surface area contributed by atoms with E-state index in [4.69, 9.17) is 4.74 Å². The third-order valence-corrected chi connectivity index (χ3v) is 10.4. The number of alkyl halides is 3. The zero-order valence-corrected chi connectivity index (χ0v) is 22.9. The highest BCUT2D eigenvalue weighted by atomic mass is 19.4. The average Bonchev–Trinajstić information content (AvgIpc) is 3.61. The highest BCUT2D eigenvalue weighted by Gasteiger charge is 2.52. The van der Waals surface area contributed by atoms with E-state index in [2.05, 4.69) is 44.1 Å². The number of hydrogen-bond donors (Lipinski definition) is 6. The summed E-state index contributed by atoms with van der Waals surface area (Å²) in [7, 11) is 5.77. The zero-order chi connectivity index (χ0) is 26.6. The average molecular weight is 545 g/mol. The van der Waals surface area contributed by atoms with Crippen molar-refractivity contribution < 1.29 is 17.9 Å². The van der Waals surface area contributed by atoms with Crippen LogP contribution in [0.1, 0.15) is 44.9 Å². The lowest BCUT2D eigenvalue weighted by Gasteiger charge is -2.48. The van der Waals surface area contributed by atoms with E-state index in [9.17, 15) is 13.2 Å². The van der Waals surface area contributed by atoms with Gasteiger partial charge in [0.1, 0.15) is 12.3 Å². The molecule has 2 aliphatic carbocycles. The second-order valence-electron chi connectivity index (χ2n) is 12.8. The zero-order valence-electron chi connectivity index (χ0n) is 22.9. The highest BCUT2D eigenvalue weighted by molar-refractivity contribution is 5.08. The summed E-state index contributed by atoms with van der Waals surface area (Å²) in [6.07, 6.45) is 3.67. The van der Waals surface area contributed by atoms with Gasteiger partial charge >= 0.3 is 6.18 Å². The Labute approximate surface area is 224 Å². The summed E-state index contributed by atoms with van der Waals surface area (Å²) in [5.74, 6) is 1.92. The molecule has 9 atom stereocenters. The van der Waals surface area contributed by atoms with Crippen molar-refractivity contribution in [3.8, 4) is 0 Å². The minimum absolute atomic E-state index is 0.0171. The van der Waals surface area contributed by atoms with E-state index in [1.54, 1.807) is 7.11 Å². The summed E-state index contributed by atoms with van der Waals surface area (Å²) in [6.45, 7) is 1.76. The Morgan fingerprint density at radius 2 is 1.63 bits per heavy atom. The first-order valence-electron chi connectivity index (χ1n) is 14.7. The third-order valence-electron chi connectivity index (χ3n) is 10.4. The third kappa shape index (κ3) is 5.49. The molecule has 0 bridgehead atoms. The van der Waals surface area contributed by atoms with Crippen LogP contribution in [-0.2, 0) is 4.74 Å². The molecular formula is C26H47F3N8O. The van der Waals surface area contributed by atoms with Crippen molar-refractivity contribution in [2.75, 3.05) is 41.0 Å².